The second-order valence-electron chi connectivity index (χ2n) is 11.2. The number of nitrogens with zero attached hydrogens (tertiary/aromatic N) is 3. The van der Waals surface area contributed by atoms with Crippen LogP contribution < -0.4 is 0 Å². The zero-order valence-electron chi connectivity index (χ0n) is 21.8. The summed E-state index contributed by atoms with van der Waals surface area (Å²) in [5, 5.41) is 0. The molecule has 3 heterocycles. The van der Waals surface area contributed by atoms with Crippen LogP contribution >= 0.6 is 0 Å². The van der Waals surface area contributed by atoms with Crippen molar-refractivity contribution in [1.82, 2.24) is 14.7 Å². The largest absolute Gasteiger partial charge is 0.342 e. The van der Waals surface area contributed by atoms with Gasteiger partial charge in [-0.1, -0.05) is 42.5 Å². The summed E-state index contributed by atoms with van der Waals surface area (Å²) in [5.41, 5.74) is 1.98. The molecule has 0 N–H and O–H groups in total. The Kier molecular flexibility index (Phi) is 7.16. The fourth-order valence-electron chi connectivity index (χ4n) is 6.46. The third-order valence-electron chi connectivity index (χ3n) is 8.75. The quantitative estimate of drug-likeness (QED) is 0.581. The Labute approximate surface area is 220 Å². The highest BCUT2D eigenvalue weighted by molar-refractivity contribution is 7.90. The maximum Gasteiger partial charge on any atom is 0.229 e. The molecule has 2 atom stereocenters. The van der Waals surface area contributed by atoms with E-state index in [9.17, 15) is 18.0 Å². The van der Waals surface area contributed by atoms with E-state index < -0.39 is 9.84 Å². The van der Waals surface area contributed by atoms with Gasteiger partial charge in [0.1, 0.15) is 0 Å². The van der Waals surface area contributed by atoms with Gasteiger partial charge in [0, 0.05) is 51.8 Å². The van der Waals surface area contributed by atoms with Gasteiger partial charge in [0.15, 0.2) is 9.84 Å². The Balaban J connectivity index is 1.19. The monoisotopic (exact) mass is 523 g/mol. The number of hydrogen-bond donors (Lipinski definition) is 0. The van der Waals surface area contributed by atoms with Gasteiger partial charge in [-0.2, -0.15) is 0 Å². The molecule has 3 aliphatic rings. The lowest BCUT2D eigenvalue weighted by molar-refractivity contribution is -0.139. The van der Waals surface area contributed by atoms with E-state index >= 15 is 0 Å². The minimum Gasteiger partial charge on any atom is -0.342 e. The average Bonchev–Trinajstić information content (AvgIpc) is 3.43. The van der Waals surface area contributed by atoms with Crippen LogP contribution in [0, 0.1) is 11.3 Å². The van der Waals surface area contributed by atoms with Crippen molar-refractivity contribution in [2.24, 2.45) is 11.3 Å². The molecule has 2 aromatic carbocycles. The molecule has 0 aromatic heterocycles. The first-order valence-electron chi connectivity index (χ1n) is 13.3. The van der Waals surface area contributed by atoms with Gasteiger partial charge in [0.05, 0.1) is 10.3 Å². The topological polar surface area (TPSA) is 78.0 Å². The van der Waals surface area contributed by atoms with Crippen LogP contribution in [0.1, 0.15) is 43.2 Å². The molecule has 37 heavy (non-hydrogen) atoms. The third-order valence-corrected chi connectivity index (χ3v) is 9.87. The molecule has 0 aliphatic carbocycles. The van der Waals surface area contributed by atoms with E-state index in [1.807, 2.05) is 28.0 Å². The zero-order valence-corrected chi connectivity index (χ0v) is 22.6. The Morgan fingerprint density at radius 1 is 0.946 bits per heavy atom. The molecule has 3 aliphatic heterocycles. The lowest BCUT2D eigenvalue weighted by Gasteiger charge is -2.39. The van der Waals surface area contributed by atoms with Crippen molar-refractivity contribution < 1.29 is 18.0 Å². The van der Waals surface area contributed by atoms with Crippen LogP contribution in [0.3, 0.4) is 0 Å². The number of carbonyl (C=O) groups is 2. The van der Waals surface area contributed by atoms with Crippen molar-refractivity contribution in [2.75, 3.05) is 45.5 Å². The zero-order chi connectivity index (χ0) is 26.2. The smallest absolute Gasteiger partial charge is 0.229 e. The standard InChI is InChI=1S/C29H37N3O4S/c1-22(33)32-20-25(27(21-32)24-6-4-3-5-7-24)19-30-15-12-29(13-16-30)14-17-31(28(29)34)18-23-8-10-26(11-9-23)37(2,35)36/h3-11,25,27H,12-21H2,1-2H3/t25-,27+/m0/s1. The lowest BCUT2D eigenvalue weighted by atomic mass is 9.76. The molecule has 1 spiro atoms. The first-order valence-corrected chi connectivity index (χ1v) is 15.1. The molecule has 198 valence electrons. The van der Waals surface area contributed by atoms with Crippen molar-refractivity contribution in [3.05, 3.63) is 65.7 Å². The highest BCUT2D eigenvalue weighted by Crippen LogP contribution is 2.43. The molecule has 2 amide bonds. The maximum atomic E-state index is 13.5. The molecule has 2 aromatic rings. The van der Waals surface area contributed by atoms with E-state index in [1.165, 1.54) is 11.8 Å². The molecule has 8 heteroatoms. The van der Waals surface area contributed by atoms with Crippen LogP contribution in [0.4, 0.5) is 0 Å². The van der Waals surface area contributed by atoms with Gasteiger partial charge in [0.25, 0.3) is 0 Å². The third kappa shape index (κ3) is 5.46. The summed E-state index contributed by atoms with van der Waals surface area (Å²) < 4.78 is 23.5. The first-order chi connectivity index (χ1) is 17.6. The molecule has 3 fully saturated rings. The van der Waals surface area contributed by atoms with Gasteiger partial charge in [-0.15, -0.1) is 0 Å². The number of benzene rings is 2. The number of hydrogen-bond acceptors (Lipinski definition) is 5. The van der Waals surface area contributed by atoms with Crippen LogP contribution in [0.5, 0.6) is 0 Å². The number of likely N-dealkylation sites (tertiary alicyclic amines) is 3. The summed E-state index contributed by atoms with van der Waals surface area (Å²) in [5.74, 6) is 1.12. The number of rotatable bonds is 6. The maximum absolute atomic E-state index is 13.5. The molecule has 0 radical (unpaired) electrons. The first kappa shape index (κ1) is 25.9. The van der Waals surface area contributed by atoms with E-state index in [1.54, 1.807) is 19.1 Å². The Bertz CT molecular complexity index is 1240. The van der Waals surface area contributed by atoms with Gasteiger partial charge in [-0.05, 0) is 61.5 Å². The van der Waals surface area contributed by atoms with E-state index in [-0.39, 0.29) is 17.2 Å². The highest BCUT2D eigenvalue weighted by atomic mass is 32.2. The minimum atomic E-state index is -3.23. The molecule has 7 nitrogen and oxygen atoms in total. The normalized spacial score (nSPS) is 24.2. The summed E-state index contributed by atoms with van der Waals surface area (Å²) in [6.07, 6.45) is 3.83. The van der Waals surface area contributed by atoms with E-state index in [2.05, 4.69) is 29.2 Å². The van der Waals surface area contributed by atoms with Crippen LogP contribution in [0.2, 0.25) is 0 Å². The fourth-order valence-corrected chi connectivity index (χ4v) is 7.09. The second kappa shape index (κ2) is 10.2. The lowest BCUT2D eigenvalue weighted by Crippen LogP contribution is -2.46. The summed E-state index contributed by atoms with van der Waals surface area (Å²) in [7, 11) is -3.23. The number of amides is 2. The second-order valence-corrected chi connectivity index (χ2v) is 13.2. The average molecular weight is 524 g/mol. The summed E-state index contributed by atoms with van der Waals surface area (Å²) >= 11 is 0. The fraction of sp³-hybridized carbons (Fsp3) is 0.517. The van der Waals surface area contributed by atoms with Gasteiger partial charge in [0.2, 0.25) is 11.8 Å². The Morgan fingerprint density at radius 3 is 2.22 bits per heavy atom. The predicted molar refractivity (Wildman–Crippen MR) is 143 cm³/mol. The van der Waals surface area contributed by atoms with Crippen molar-refractivity contribution in [3.8, 4) is 0 Å². The molecular formula is C29H37N3O4S. The Morgan fingerprint density at radius 2 is 1.59 bits per heavy atom. The minimum absolute atomic E-state index is 0.142. The SMILES string of the molecule is CC(=O)N1C[C@H](CN2CCC3(CC2)CCN(Cc2ccc(S(C)(=O)=O)cc2)C3=O)[C@@H](c2ccccc2)C1. The molecule has 0 saturated carbocycles. The van der Waals surface area contributed by atoms with Crippen molar-refractivity contribution in [2.45, 2.75) is 43.5 Å². The van der Waals surface area contributed by atoms with Crippen molar-refractivity contribution in [3.63, 3.8) is 0 Å². The van der Waals surface area contributed by atoms with Crippen molar-refractivity contribution in [1.29, 1.82) is 0 Å². The van der Waals surface area contributed by atoms with E-state index in [4.69, 9.17) is 0 Å². The molecule has 0 unspecified atom stereocenters. The summed E-state index contributed by atoms with van der Waals surface area (Å²) in [6, 6.07) is 17.4. The van der Waals surface area contributed by atoms with Gasteiger partial charge < -0.3 is 14.7 Å². The van der Waals surface area contributed by atoms with E-state index in [0.29, 0.717) is 23.3 Å². The molecular weight excluding hydrogens is 486 g/mol. The van der Waals surface area contributed by atoms with Gasteiger partial charge >= 0.3 is 0 Å². The molecule has 0 bridgehead atoms. The Hall–Kier alpha value is -2.71. The van der Waals surface area contributed by atoms with Crippen LogP contribution in [0.15, 0.2) is 59.5 Å². The van der Waals surface area contributed by atoms with Crippen LogP contribution in [-0.2, 0) is 26.0 Å². The van der Waals surface area contributed by atoms with Crippen LogP contribution in [-0.4, -0.2) is 80.5 Å². The van der Waals surface area contributed by atoms with Gasteiger partial charge in [-0.25, -0.2) is 8.42 Å². The number of piperidine rings is 1. The summed E-state index contributed by atoms with van der Waals surface area (Å²) in [6.45, 7) is 7.26. The summed E-state index contributed by atoms with van der Waals surface area (Å²) in [4.78, 5) is 32.3. The molecule has 3 saturated heterocycles. The number of carbonyl (C=O) groups excluding carboxylic acids is 2. The van der Waals surface area contributed by atoms with Crippen LogP contribution in [0.25, 0.3) is 0 Å². The van der Waals surface area contributed by atoms with Crippen molar-refractivity contribution >= 4 is 21.7 Å². The van der Waals surface area contributed by atoms with Gasteiger partial charge in [-0.3, -0.25) is 9.59 Å². The predicted octanol–water partition coefficient (Wildman–Crippen LogP) is 3.17. The molecule has 5 rings (SSSR count). The highest BCUT2D eigenvalue weighted by Gasteiger charge is 2.48. The number of sulfone groups is 1. The van der Waals surface area contributed by atoms with E-state index in [0.717, 1.165) is 64.1 Å².